The number of benzene rings is 2. The van der Waals surface area contributed by atoms with Crippen molar-refractivity contribution in [2.24, 2.45) is 5.92 Å². The predicted molar refractivity (Wildman–Crippen MR) is 114 cm³/mol. The van der Waals surface area contributed by atoms with Crippen LogP contribution in [0.5, 0.6) is 11.5 Å². The van der Waals surface area contributed by atoms with Crippen molar-refractivity contribution in [1.29, 1.82) is 0 Å². The first-order valence-corrected chi connectivity index (χ1v) is 9.92. The van der Waals surface area contributed by atoms with Crippen molar-refractivity contribution in [3.05, 3.63) is 52.5 Å². The van der Waals surface area contributed by atoms with Gasteiger partial charge in [0.25, 0.3) is 5.91 Å². The lowest BCUT2D eigenvalue weighted by Crippen LogP contribution is -2.21. The van der Waals surface area contributed by atoms with Crippen molar-refractivity contribution in [2.75, 3.05) is 25.1 Å². The van der Waals surface area contributed by atoms with E-state index >= 15 is 0 Å². The first kappa shape index (κ1) is 22.1. The van der Waals surface area contributed by atoms with Gasteiger partial charge in [0, 0.05) is 23.3 Å². The molecule has 0 atom stereocenters. The Hall–Kier alpha value is -2.24. The fourth-order valence-electron chi connectivity index (χ4n) is 2.57. The molecule has 0 aromatic heterocycles. The van der Waals surface area contributed by atoms with Crippen LogP contribution in [0.2, 0.25) is 5.02 Å². The summed E-state index contributed by atoms with van der Waals surface area (Å²) in [6.45, 7) is 10.1. The summed E-state index contributed by atoms with van der Waals surface area (Å²) < 4.78 is 11.4. The number of hydrogen-bond donors (Lipinski definition) is 2. The molecule has 0 aliphatic carbocycles. The fraction of sp³-hybridized carbons (Fsp3) is 0.409. The maximum atomic E-state index is 12.2. The van der Waals surface area contributed by atoms with E-state index in [4.69, 9.17) is 21.1 Å². The Kier molecular flexibility index (Phi) is 8.61. The van der Waals surface area contributed by atoms with Crippen molar-refractivity contribution in [3.63, 3.8) is 0 Å². The Morgan fingerprint density at radius 2 is 1.79 bits per heavy atom. The van der Waals surface area contributed by atoms with E-state index in [9.17, 15) is 4.79 Å². The van der Waals surface area contributed by atoms with Crippen LogP contribution in [-0.4, -0.2) is 25.7 Å². The highest BCUT2D eigenvalue weighted by Gasteiger charge is 2.13. The molecule has 0 saturated heterocycles. The summed E-state index contributed by atoms with van der Waals surface area (Å²) >= 11 is 6.40. The number of amides is 1. The van der Waals surface area contributed by atoms with Gasteiger partial charge in [-0.3, -0.25) is 4.79 Å². The molecule has 0 saturated carbocycles. The van der Waals surface area contributed by atoms with E-state index in [1.165, 1.54) is 0 Å². The summed E-state index contributed by atoms with van der Waals surface area (Å²) in [5.74, 6) is 1.35. The molecule has 0 fully saturated rings. The van der Waals surface area contributed by atoms with Crippen LogP contribution in [-0.2, 0) is 11.3 Å². The molecule has 152 valence electrons. The molecule has 0 heterocycles. The van der Waals surface area contributed by atoms with Crippen molar-refractivity contribution < 1.29 is 14.3 Å². The maximum absolute atomic E-state index is 12.2. The third-order valence-corrected chi connectivity index (χ3v) is 4.33. The molecule has 0 radical (unpaired) electrons. The minimum atomic E-state index is -0.245. The molecule has 1 amide bonds. The second kappa shape index (κ2) is 10.9. The van der Waals surface area contributed by atoms with Gasteiger partial charge in [-0.05, 0) is 50.1 Å². The summed E-state index contributed by atoms with van der Waals surface area (Å²) in [6.07, 6.45) is 0. The Bertz CT molecular complexity index is 776. The summed E-state index contributed by atoms with van der Waals surface area (Å²) in [4.78, 5) is 12.2. The van der Waals surface area contributed by atoms with Crippen LogP contribution in [0.4, 0.5) is 5.69 Å². The summed E-state index contributed by atoms with van der Waals surface area (Å²) in [6, 6.07) is 11.2. The average molecular weight is 405 g/mol. The van der Waals surface area contributed by atoms with Gasteiger partial charge in [-0.1, -0.05) is 43.1 Å². The number of halogens is 1. The van der Waals surface area contributed by atoms with Crippen LogP contribution >= 0.6 is 11.6 Å². The maximum Gasteiger partial charge on any atom is 0.262 e. The predicted octanol–water partition coefficient (Wildman–Crippen LogP) is 4.81. The van der Waals surface area contributed by atoms with E-state index in [1.54, 1.807) is 6.07 Å². The molecule has 28 heavy (non-hydrogen) atoms. The van der Waals surface area contributed by atoms with Crippen molar-refractivity contribution in [3.8, 4) is 11.5 Å². The molecule has 0 bridgehead atoms. The van der Waals surface area contributed by atoms with Gasteiger partial charge >= 0.3 is 0 Å². The molecule has 6 heteroatoms. The van der Waals surface area contributed by atoms with Crippen LogP contribution < -0.4 is 20.1 Å². The van der Waals surface area contributed by atoms with E-state index in [1.807, 2.05) is 44.2 Å². The number of hydrogen-bond acceptors (Lipinski definition) is 4. The van der Waals surface area contributed by atoms with E-state index in [0.29, 0.717) is 35.6 Å². The second-order valence-electron chi connectivity index (χ2n) is 7.05. The van der Waals surface area contributed by atoms with Gasteiger partial charge in [0.15, 0.2) is 18.1 Å². The first-order valence-electron chi connectivity index (χ1n) is 9.54. The molecule has 0 spiro atoms. The molecule has 0 aliphatic rings. The standard InChI is InChI=1S/C22H29ClN2O3/c1-5-27-20-10-17(13-24-12-15(2)3)19(23)11-21(20)28-14-22(26)25-18-8-6-16(4)7-9-18/h6-11,15,24H,5,12-14H2,1-4H3,(H,25,26). The molecule has 2 rings (SSSR count). The van der Waals surface area contributed by atoms with Crippen LogP contribution in [0.15, 0.2) is 36.4 Å². The fourth-order valence-corrected chi connectivity index (χ4v) is 2.79. The molecule has 2 N–H and O–H groups in total. The zero-order valence-corrected chi connectivity index (χ0v) is 17.7. The Morgan fingerprint density at radius 3 is 2.43 bits per heavy atom. The van der Waals surface area contributed by atoms with Gasteiger partial charge < -0.3 is 20.1 Å². The lowest BCUT2D eigenvalue weighted by molar-refractivity contribution is -0.118. The van der Waals surface area contributed by atoms with Gasteiger partial charge in [-0.25, -0.2) is 0 Å². The van der Waals surface area contributed by atoms with Crippen LogP contribution in [0, 0.1) is 12.8 Å². The normalized spacial score (nSPS) is 10.8. The number of carbonyl (C=O) groups is 1. The van der Waals surface area contributed by atoms with E-state index in [-0.39, 0.29) is 12.5 Å². The van der Waals surface area contributed by atoms with Crippen molar-refractivity contribution >= 4 is 23.2 Å². The minimum absolute atomic E-state index is 0.130. The lowest BCUT2D eigenvalue weighted by atomic mass is 10.1. The van der Waals surface area contributed by atoms with Gasteiger partial charge in [-0.2, -0.15) is 0 Å². The number of ether oxygens (including phenoxy) is 2. The quantitative estimate of drug-likeness (QED) is 0.596. The van der Waals surface area contributed by atoms with Gasteiger partial charge in [-0.15, -0.1) is 0 Å². The molecule has 2 aromatic rings. The highest BCUT2D eigenvalue weighted by molar-refractivity contribution is 6.31. The minimum Gasteiger partial charge on any atom is -0.490 e. The van der Waals surface area contributed by atoms with E-state index in [0.717, 1.165) is 23.4 Å². The monoisotopic (exact) mass is 404 g/mol. The number of aryl methyl sites for hydroxylation is 1. The average Bonchev–Trinajstić information content (AvgIpc) is 2.64. The second-order valence-corrected chi connectivity index (χ2v) is 7.46. The molecular weight excluding hydrogens is 376 g/mol. The number of carbonyl (C=O) groups excluding carboxylic acids is 1. The Balaban J connectivity index is 2.01. The SMILES string of the molecule is CCOc1cc(CNCC(C)C)c(Cl)cc1OCC(=O)Nc1ccc(C)cc1. The van der Waals surface area contributed by atoms with Crippen LogP contribution in [0.1, 0.15) is 31.9 Å². The number of rotatable bonds is 10. The zero-order chi connectivity index (χ0) is 20.5. The lowest BCUT2D eigenvalue weighted by Gasteiger charge is -2.15. The summed E-state index contributed by atoms with van der Waals surface area (Å²) in [5.41, 5.74) is 2.80. The zero-order valence-electron chi connectivity index (χ0n) is 17.0. The number of nitrogens with one attached hydrogen (secondary N) is 2. The third kappa shape index (κ3) is 7.06. The summed E-state index contributed by atoms with van der Waals surface area (Å²) in [7, 11) is 0. The molecule has 5 nitrogen and oxygen atoms in total. The van der Waals surface area contributed by atoms with E-state index in [2.05, 4.69) is 24.5 Å². The highest BCUT2D eigenvalue weighted by Crippen LogP contribution is 2.33. The van der Waals surface area contributed by atoms with Gasteiger partial charge in [0.1, 0.15) is 0 Å². The molecule has 0 aliphatic heterocycles. The smallest absolute Gasteiger partial charge is 0.262 e. The molecular formula is C22H29ClN2O3. The van der Waals surface area contributed by atoms with Crippen molar-refractivity contribution in [1.82, 2.24) is 5.32 Å². The van der Waals surface area contributed by atoms with Crippen LogP contribution in [0.3, 0.4) is 0 Å². The molecule has 2 aromatic carbocycles. The summed E-state index contributed by atoms with van der Waals surface area (Å²) in [5, 5.41) is 6.75. The molecule has 0 unspecified atom stereocenters. The number of anilines is 1. The first-order chi connectivity index (χ1) is 13.4. The topological polar surface area (TPSA) is 59.6 Å². The third-order valence-electron chi connectivity index (χ3n) is 3.97. The van der Waals surface area contributed by atoms with Crippen molar-refractivity contribution in [2.45, 2.75) is 34.2 Å². The van der Waals surface area contributed by atoms with Crippen LogP contribution in [0.25, 0.3) is 0 Å². The Labute approximate surface area is 172 Å². The highest BCUT2D eigenvalue weighted by atomic mass is 35.5. The van der Waals surface area contributed by atoms with Gasteiger partial charge in [0.05, 0.1) is 6.61 Å². The van der Waals surface area contributed by atoms with Gasteiger partial charge in [0.2, 0.25) is 0 Å². The van der Waals surface area contributed by atoms with E-state index < -0.39 is 0 Å². The largest absolute Gasteiger partial charge is 0.490 e. The Morgan fingerprint density at radius 1 is 1.11 bits per heavy atom.